The van der Waals surface area contributed by atoms with Crippen molar-refractivity contribution in [3.05, 3.63) is 76.2 Å². The van der Waals surface area contributed by atoms with E-state index in [1.807, 2.05) is 63.2 Å². The van der Waals surface area contributed by atoms with Crippen LogP contribution in [0.5, 0.6) is 0 Å². The average Bonchev–Trinajstić information content (AvgIpc) is 2.75. The molecule has 0 fully saturated rings. The number of amides is 1. The van der Waals surface area contributed by atoms with Crippen LogP contribution in [0.1, 0.15) is 42.9 Å². The van der Waals surface area contributed by atoms with Gasteiger partial charge in [0.25, 0.3) is 11.5 Å². The normalized spacial score (nSPS) is 12.3. The Morgan fingerprint density at radius 1 is 1.07 bits per heavy atom. The molecule has 30 heavy (non-hydrogen) atoms. The van der Waals surface area contributed by atoms with E-state index >= 15 is 0 Å². The number of ether oxygens (including phenoxy) is 1. The van der Waals surface area contributed by atoms with Gasteiger partial charge in [0.15, 0.2) is 5.69 Å². The molecule has 0 saturated heterocycles. The minimum absolute atomic E-state index is 0.144. The predicted octanol–water partition coefficient (Wildman–Crippen LogP) is 3.70. The summed E-state index contributed by atoms with van der Waals surface area (Å²) in [5, 5.41) is 5.58. The molecule has 1 amide bonds. The second-order valence-corrected chi connectivity index (χ2v) is 7.63. The number of rotatable bonds is 8. The summed E-state index contributed by atoms with van der Waals surface area (Å²) in [5.41, 5.74) is 1.25. The standard InChI is InChI=1S/C24H29N3O3/c1-5-26(19(16-30-4)15-18-11-7-6-8-12-18)24(29)22-20-13-9-10-14-21(20)23(28)27(25-22)17(2)3/h6-14,17,19H,5,15-16H2,1-4H3/t19-/m1/s1. The summed E-state index contributed by atoms with van der Waals surface area (Å²) in [7, 11) is 1.64. The van der Waals surface area contributed by atoms with Crippen molar-refractivity contribution in [3.8, 4) is 0 Å². The van der Waals surface area contributed by atoms with E-state index in [4.69, 9.17) is 4.74 Å². The number of likely N-dealkylation sites (N-methyl/N-ethyl adjacent to an activating group) is 1. The number of carbonyl (C=O) groups is 1. The van der Waals surface area contributed by atoms with Crippen molar-refractivity contribution in [1.82, 2.24) is 14.7 Å². The zero-order valence-electron chi connectivity index (χ0n) is 18.0. The molecule has 6 heteroatoms. The second kappa shape index (κ2) is 9.67. The van der Waals surface area contributed by atoms with Gasteiger partial charge in [-0.25, -0.2) is 4.68 Å². The van der Waals surface area contributed by atoms with Crippen LogP contribution in [0.15, 0.2) is 59.4 Å². The lowest BCUT2D eigenvalue weighted by molar-refractivity contribution is 0.0540. The quantitative estimate of drug-likeness (QED) is 0.571. The van der Waals surface area contributed by atoms with E-state index in [0.29, 0.717) is 36.0 Å². The van der Waals surface area contributed by atoms with Gasteiger partial charge in [0.1, 0.15) is 0 Å². The van der Waals surface area contributed by atoms with Crippen LogP contribution in [0, 0.1) is 0 Å². The Hall–Kier alpha value is -2.99. The molecule has 0 aliphatic rings. The van der Waals surface area contributed by atoms with Gasteiger partial charge in [-0.15, -0.1) is 0 Å². The molecular weight excluding hydrogens is 378 g/mol. The predicted molar refractivity (Wildman–Crippen MR) is 119 cm³/mol. The molecule has 0 saturated carbocycles. The molecule has 1 aromatic heterocycles. The average molecular weight is 408 g/mol. The summed E-state index contributed by atoms with van der Waals surface area (Å²) in [5.74, 6) is -0.193. The van der Waals surface area contributed by atoms with Gasteiger partial charge < -0.3 is 9.64 Å². The number of carbonyl (C=O) groups excluding carboxylic acids is 1. The third-order valence-corrected chi connectivity index (χ3v) is 5.24. The number of benzene rings is 2. The van der Waals surface area contributed by atoms with Crippen molar-refractivity contribution in [2.75, 3.05) is 20.3 Å². The second-order valence-electron chi connectivity index (χ2n) is 7.63. The Morgan fingerprint density at radius 3 is 2.30 bits per heavy atom. The molecule has 2 aromatic carbocycles. The van der Waals surface area contributed by atoms with Crippen LogP contribution >= 0.6 is 0 Å². The summed E-state index contributed by atoms with van der Waals surface area (Å²) in [4.78, 5) is 28.3. The highest BCUT2D eigenvalue weighted by Gasteiger charge is 2.27. The van der Waals surface area contributed by atoms with E-state index in [2.05, 4.69) is 5.10 Å². The molecule has 3 aromatic rings. The van der Waals surface area contributed by atoms with E-state index in [9.17, 15) is 9.59 Å². The maximum atomic E-state index is 13.7. The number of nitrogens with zero attached hydrogens (tertiary/aromatic N) is 3. The molecule has 1 atom stereocenters. The van der Waals surface area contributed by atoms with Crippen molar-refractivity contribution in [2.24, 2.45) is 0 Å². The highest BCUT2D eigenvalue weighted by atomic mass is 16.5. The molecule has 0 radical (unpaired) electrons. The molecule has 0 unspecified atom stereocenters. The molecule has 3 rings (SSSR count). The van der Waals surface area contributed by atoms with E-state index in [-0.39, 0.29) is 23.6 Å². The summed E-state index contributed by atoms with van der Waals surface area (Å²) in [6, 6.07) is 16.9. The van der Waals surface area contributed by atoms with Gasteiger partial charge in [-0.2, -0.15) is 5.10 Å². The molecule has 0 aliphatic heterocycles. The Bertz CT molecular complexity index is 1060. The van der Waals surface area contributed by atoms with Crippen LogP contribution in [0.2, 0.25) is 0 Å². The van der Waals surface area contributed by atoms with Crippen LogP contribution in [0.25, 0.3) is 10.8 Å². The van der Waals surface area contributed by atoms with Gasteiger partial charge >= 0.3 is 0 Å². The monoisotopic (exact) mass is 407 g/mol. The van der Waals surface area contributed by atoms with Crippen molar-refractivity contribution >= 4 is 16.7 Å². The first kappa shape index (κ1) is 21.7. The van der Waals surface area contributed by atoms with Crippen molar-refractivity contribution in [1.29, 1.82) is 0 Å². The van der Waals surface area contributed by atoms with E-state index < -0.39 is 0 Å². The van der Waals surface area contributed by atoms with Gasteiger partial charge in [0.05, 0.1) is 24.1 Å². The van der Waals surface area contributed by atoms with Gasteiger partial charge in [-0.3, -0.25) is 9.59 Å². The van der Waals surface area contributed by atoms with Crippen molar-refractivity contribution < 1.29 is 9.53 Å². The fraction of sp³-hybridized carbons (Fsp3) is 0.375. The van der Waals surface area contributed by atoms with Crippen molar-refractivity contribution in [3.63, 3.8) is 0 Å². The largest absolute Gasteiger partial charge is 0.383 e. The lowest BCUT2D eigenvalue weighted by atomic mass is 10.0. The summed E-state index contributed by atoms with van der Waals surface area (Å²) >= 11 is 0. The highest BCUT2D eigenvalue weighted by molar-refractivity contribution is 6.04. The summed E-state index contributed by atoms with van der Waals surface area (Å²) in [6.45, 7) is 6.65. The number of hydrogen-bond donors (Lipinski definition) is 0. The van der Waals surface area contributed by atoms with Crippen LogP contribution < -0.4 is 5.56 Å². The fourth-order valence-corrected chi connectivity index (χ4v) is 3.76. The third kappa shape index (κ3) is 4.44. The first-order chi connectivity index (χ1) is 14.5. The van der Waals surface area contributed by atoms with E-state index in [1.165, 1.54) is 4.68 Å². The molecule has 0 aliphatic carbocycles. The number of fused-ring (bicyclic) bond motifs is 1. The van der Waals surface area contributed by atoms with Crippen LogP contribution in [0.3, 0.4) is 0 Å². The summed E-state index contributed by atoms with van der Waals surface area (Å²) < 4.78 is 6.84. The maximum absolute atomic E-state index is 13.7. The zero-order chi connectivity index (χ0) is 21.7. The van der Waals surface area contributed by atoms with Crippen LogP contribution in [-0.4, -0.2) is 46.9 Å². The van der Waals surface area contributed by atoms with Crippen molar-refractivity contribution in [2.45, 2.75) is 39.3 Å². The van der Waals surface area contributed by atoms with Gasteiger partial charge in [-0.05, 0) is 38.8 Å². The molecule has 158 valence electrons. The molecular formula is C24H29N3O3. The zero-order valence-corrected chi connectivity index (χ0v) is 18.0. The number of methoxy groups -OCH3 is 1. The van der Waals surface area contributed by atoms with E-state index in [0.717, 1.165) is 5.56 Å². The molecule has 1 heterocycles. The lowest BCUT2D eigenvalue weighted by Crippen LogP contribution is -2.45. The SMILES string of the molecule is CCN(C(=O)c1nn(C(C)C)c(=O)c2ccccc12)[C@@H](COC)Cc1ccccc1. The summed E-state index contributed by atoms with van der Waals surface area (Å²) in [6.07, 6.45) is 0.677. The van der Waals surface area contributed by atoms with Gasteiger partial charge in [0.2, 0.25) is 0 Å². The maximum Gasteiger partial charge on any atom is 0.275 e. The Kier molecular flexibility index (Phi) is 7.00. The Balaban J connectivity index is 2.07. The van der Waals surface area contributed by atoms with Crippen LogP contribution in [0.4, 0.5) is 0 Å². The minimum atomic E-state index is -0.193. The number of aromatic nitrogens is 2. The van der Waals surface area contributed by atoms with E-state index in [1.54, 1.807) is 24.1 Å². The lowest BCUT2D eigenvalue weighted by Gasteiger charge is -2.31. The number of hydrogen-bond acceptors (Lipinski definition) is 4. The Morgan fingerprint density at radius 2 is 1.70 bits per heavy atom. The first-order valence-electron chi connectivity index (χ1n) is 10.3. The molecule has 0 bridgehead atoms. The minimum Gasteiger partial charge on any atom is -0.383 e. The fourth-order valence-electron chi connectivity index (χ4n) is 3.76. The highest BCUT2D eigenvalue weighted by Crippen LogP contribution is 2.19. The topological polar surface area (TPSA) is 64.4 Å². The first-order valence-corrected chi connectivity index (χ1v) is 10.3. The third-order valence-electron chi connectivity index (χ3n) is 5.24. The molecule has 0 spiro atoms. The van der Waals surface area contributed by atoms with Crippen LogP contribution in [-0.2, 0) is 11.2 Å². The smallest absolute Gasteiger partial charge is 0.275 e. The van der Waals surface area contributed by atoms with Gasteiger partial charge in [0, 0.05) is 19.0 Å². The van der Waals surface area contributed by atoms with Gasteiger partial charge in [-0.1, -0.05) is 48.5 Å². The molecule has 0 N–H and O–H groups in total. The molecule has 6 nitrogen and oxygen atoms in total. The Labute approximate surface area is 177 Å².